The first kappa shape index (κ1) is 26.3. The standard InChI is InChI=1S/C28H33N5.C2H6/c29-22-28(23-10-3-1-4-11-23,24-12-5-2-6-13-24)18-9-19-32-20-16-25(17-21-32)33(31)27-15-8-7-14-26(27)30;1-2/h1-8,10-15,25H,9,16-21,30-31H2;1-2H3. The number of hydrazine groups is 1. The number of likely N-dealkylation sites (tertiary alicyclic amines) is 1. The van der Waals surface area contributed by atoms with Crippen molar-refractivity contribution in [2.24, 2.45) is 5.84 Å². The molecule has 0 unspecified atom stereocenters. The minimum Gasteiger partial charge on any atom is -0.397 e. The van der Waals surface area contributed by atoms with Crippen molar-refractivity contribution in [2.75, 3.05) is 30.4 Å². The fourth-order valence-electron chi connectivity index (χ4n) is 4.99. The summed E-state index contributed by atoms with van der Waals surface area (Å²) in [6.07, 6.45) is 3.76. The molecule has 0 radical (unpaired) electrons. The summed E-state index contributed by atoms with van der Waals surface area (Å²) in [5.74, 6) is 6.42. The van der Waals surface area contributed by atoms with E-state index in [1.165, 1.54) is 0 Å². The lowest BCUT2D eigenvalue weighted by molar-refractivity contribution is 0.203. The Hall–Kier alpha value is -3.33. The molecule has 3 aromatic carbocycles. The summed E-state index contributed by atoms with van der Waals surface area (Å²) >= 11 is 0. The van der Waals surface area contributed by atoms with Crippen LogP contribution in [0.3, 0.4) is 0 Å². The Labute approximate surface area is 210 Å². The number of nitrogens with two attached hydrogens (primary N) is 2. The van der Waals surface area contributed by atoms with Crippen molar-refractivity contribution in [3.05, 3.63) is 96.1 Å². The Morgan fingerprint density at radius 3 is 1.91 bits per heavy atom. The maximum Gasteiger partial charge on any atom is 0.107 e. The zero-order valence-electron chi connectivity index (χ0n) is 21.1. The number of benzene rings is 3. The van der Waals surface area contributed by atoms with E-state index < -0.39 is 5.41 Å². The van der Waals surface area contributed by atoms with Crippen LogP contribution in [0.5, 0.6) is 0 Å². The largest absolute Gasteiger partial charge is 0.397 e. The van der Waals surface area contributed by atoms with Crippen LogP contribution in [0.2, 0.25) is 0 Å². The van der Waals surface area contributed by atoms with E-state index in [4.69, 9.17) is 11.6 Å². The van der Waals surface area contributed by atoms with Crippen LogP contribution >= 0.6 is 0 Å². The third kappa shape index (κ3) is 6.22. The molecular weight excluding hydrogens is 430 g/mol. The molecule has 1 heterocycles. The van der Waals surface area contributed by atoms with Crippen LogP contribution < -0.4 is 16.6 Å². The van der Waals surface area contributed by atoms with Crippen molar-refractivity contribution >= 4 is 11.4 Å². The number of nitrogen functional groups attached to an aromatic ring is 1. The molecule has 3 aromatic rings. The second-order valence-corrected chi connectivity index (χ2v) is 8.89. The first-order valence-corrected chi connectivity index (χ1v) is 12.8. The molecule has 5 heteroatoms. The SMILES string of the molecule is CC.N#CC(CCCN1CCC(N(N)c2ccccc2N)CC1)(c1ccccc1)c1ccccc1. The summed E-state index contributed by atoms with van der Waals surface area (Å²) < 4.78 is 0. The van der Waals surface area contributed by atoms with Gasteiger partial charge in [0, 0.05) is 19.1 Å². The van der Waals surface area contributed by atoms with Crippen LogP contribution in [0.1, 0.15) is 50.7 Å². The molecule has 35 heavy (non-hydrogen) atoms. The van der Waals surface area contributed by atoms with Crippen LogP contribution in [-0.4, -0.2) is 30.6 Å². The Kier molecular flexibility index (Phi) is 9.72. The van der Waals surface area contributed by atoms with Gasteiger partial charge in [-0.2, -0.15) is 5.26 Å². The second kappa shape index (κ2) is 12.9. The highest BCUT2D eigenvalue weighted by molar-refractivity contribution is 5.66. The van der Waals surface area contributed by atoms with E-state index in [2.05, 4.69) is 35.2 Å². The van der Waals surface area contributed by atoms with E-state index in [9.17, 15) is 5.26 Å². The smallest absolute Gasteiger partial charge is 0.107 e. The summed E-state index contributed by atoms with van der Waals surface area (Å²) in [6, 6.07) is 31.1. The van der Waals surface area contributed by atoms with Crippen LogP contribution in [0.25, 0.3) is 0 Å². The molecule has 0 aliphatic carbocycles. The zero-order chi connectivity index (χ0) is 25.1. The molecule has 0 amide bonds. The Bertz CT molecular complexity index is 1010. The van der Waals surface area contributed by atoms with Crippen molar-refractivity contribution < 1.29 is 0 Å². The van der Waals surface area contributed by atoms with E-state index in [-0.39, 0.29) is 6.04 Å². The van der Waals surface area contributed by atoms with Gasteiger partial charge in [0.2, 0.25) is 0 Å². The van der Waals surface area contributed by atoms with Gasteiger partial charge in [-0.3, -0.25) is 0 Å². The van der Waals surface area contributed by atoms with E-state index in [0.717, 1.165) is 67.8 Å². The predicted octanol–water partition coefficient (Wildman–Crippen LogP) is 5.73. The zero-order valence-corrected chi connectivity index (χ0v) is 21.1. The third-order valence-corrected chi connectivity index (χ3v) is 6.92. The van der Waals surface area contributed by atoms with E-state index in [0.29, 0.717) is 0 Å². The van der Waals surface area contributed by atoms with Crippen LogP contribution in [0.15, 0.2) is 84.9 Å². The highest BCUT2D eigenvalue weighted by Gasteiger charge is 2.34. The fraction of sp³-hybridized carbons (Fsp3) is 0.367. The van der Waals surface area contributed by atoms with Gasteiger partial charge in [-0.15, -0.1) is 0 Å². The number of para-hydroxylation sites is 2. The lowest BCUT2D eigenvalue weighted by Gasteiger charge is -2.38. The number of nitriles is 1. The summed E-state index contributed by atoms with van der Waals surface area (Å²) in [6.45, 7) is 6.98. The molecule has 1 saturated heterocycles. The maximum absolute atomic E-state index is 10.4. The number of piperidine rings is 1. The summed E-state index contributed by atoms with van der Waals surface area (Å²) in [5, 5.41) is 12.2. The molecule has 0 bridgehead atoms. The van der Waals surface area contributed by atoms with Crippen molar-refractivity contribution in [2.45, 2.75) is 51.0 Å². The highest BCUT2D eigenvalue weighted by Crippen LogP contribution is 2.36. The fourth-order valence-corrected chi connectivity index (χ4v) is 4.99. The van der Waals surface area contributed by atoms with E-state index in [1.54, 1.807) is 0 Å². The molecule has 4 N–H and O–H groups in total. The molecule has 0 aromatic heterocycles. The van der Waals surface area contributed by atoms with Gasteiger partial charge < -0.3 is 15.6 Å². The first-order valence-electron chi connectivity index (χ1n) is 12.8. The molecule has 1 aliphatic rings. The molecule has 4 rings (SSSR count). The van der Waals surface area contributed by atoms with Crippen molar-refractivity contribution in [1.82, 2.24) is 4.90 Å². The number of hydrogen-bond donors (Lipinski definition) is 2. The molecule has 184 valence electrons. The number of anilines is 2. The Morgan fingerprint density at radius 2 is 1.40 bits per heavy atom. The van der Waals surface area contributed by atoms with E-state index in [1.807, 2.05) is 79.5 Å². The average molecular weight is 470 g/mol. The molecule has 5 nitrogen and oxygen atoms in total. The van der Waals surface area contributed by atoms with Crippen molar-refractivity contribution in [1.29, 1.82) is 5.26 Å². The van der Waals surface area contributed by atoms with Crippen LogP contribution in [0, 0.1) is 11.3 Å². The van der Waals surface area contributed by atoms with Gasteiger partial charge >= 0.3 is 0 Å². The van der Waals surface area contributed by atoms with Crippen molar-refractivity contribution in [3.63, 3.8) is 0 Å². The third-order valence-electron chi connectivity index (χ3n) is 6.92. The monoisotopic (exact) mass is 469 g/mol. The van der Waals surface area contributed by atoms with Gasteiger partial charge in [0.05, 0.1) is 17.4 Å². The van der Waals surface area contributed by atoms with Crippen molar-refractivity contribution in [3.8, 4) is 6.07 Å². The minimum absolute atomic E-state index is 0.290. The topological polar surface area (TPSA) is 82.3 Å². The molecule has 1 fully saturated rings. The molecule has 0 spiro atoms. The normalized spacial score (nSPS) is 14.5. The predicted molar refractivity (Wildman–Crippen MR) is 147 cm³/mol. The van der Waals surface area contributed by atoms with Gasteiger partial charge in [0.25, 0.3) is 0 Å². The number of hydrogen-bond acceptors (Lipinski definition) is 5. The Balaban J connectivity index is 0.00000167. The highest BCUT2D eigenvalue weighted by atomic mass is 15.4. The van der Waals surface area contributed by atoms with Gasteiger partial charge in [-0.1, -0.05) is 86.6 Å². The summed E-state index contributed by atoms with van der Waals surface area (Å²) in [5.41, 5.74) is 9.24. The number of nitrogens with zero attached hydrogens (tertiary/aromatic N) is 3. The Morgan fingerprint density at radius 1 is 0.886 bits per heavy atom. The van der Waals surface area contributed by atoms with E-state index >= 15 is 0 Å². The lowest BCUT2D eigenvalue weighted by Crippen LogP contribution is -2.48. The molecule has 0 atom stereocenters. The van der Waals surface area contributed by atoms with Gasteiger partial charge in [-0.05, 0) is 55.5 Å². The second-order valence-electron chi connectivity index (χ2n) is 8.89. The molecule has 1 aliphatic heterocycles. The van der Waals surface area contributed by atoms with Gasteiger partial charge in [0.1, 0.15) is 5.41 Å². The summed E-state index contributed by atoms with van der Waals surface area (Å²) in [7, 11) is 0. The number of rotatable bonds is 8. The first-order chi connectivity index (χ1) is 17.1. The minimum atomic E-state index is -0.625. The van der Waals surface area contributed by atoms with Gasteiger partial charge in [-0.25, -0.2) is 5.84 Å². The van der Waals surface area contributed by atoms with Crippen LogP contribution in [-0.2, 0) is 5.41 Å². The maximum atomic E-state index is 10.4. The molecule has 0 saturated carbocycles. The van der Waals surface area contributed by atoms with Crippen LogP contribution in [0.4, 0.5) is 11.4 Å². The molecular formula is C30H39N5. The summed E-state index contributed by atoms with van der Waals surface area (Å²) in [4.78, 5) is 2.50. The lowest BCUT2D eigenvalue weighted by atomic mass is 9.72. The average Bonchev–Trinajstić information content (AvgIpc) is 2.94. The quantitative estimate of drug-likeness (QED) is 0.250. The van der Waals surface area contributed by atoms with Gasteiger partial charge in [0.15, 0.2) is 0 Å².